The van der Waals surface area contributed by atoms with Crippen LogP contribution in [-0.4, -0.2) is 40.5 Å². The minimum absolute atomic E-state index is 0.0459. The Bertz CT molecular complexity index is 680. The molecule has 2 aromatic rings. The largest absolute Gasteiger partial charge is 0.376 e. The molecule has 1 aliphatic heterocycles. The van der Waals surface area contributed by atoms with E-state index in [0.29, 0.717) is 12.3 Å². The number of rotatable bonds is 8. The highest BCUT2D eigenvalue weighted by Gasteiger charge is 2.17. The molecular weight excluding hydrogens is 322 g/mol. The second-order valence-corrected chi connectivity index (χ2v) is 7.06. The van der Waals surface area contributed by atoms with Crippen molar-refractivity contribution in [1.29, 1.82) is 0 Å². The van der Waals surface area contributed by atoms with Gasteiger partial charge in [-0.3, -0.25) is 4.79 Å². The Hall–Kier alpha value is -1.53. The molecule has 0 saturated carbocycles. The Labute approximate surface area is 147 Å². The van der Waals surface area contributed by atoms with Crippen LogP contribution in [-0.2, 0) is 16.1 Å². The highest BCUT2D eigenvalue weighted by Crippen LogP contribution is 2.24. The minimum atomic E-state index is 0.0459. The van der Waals surface area contributed by atoms with Gasteiger partial charge in [0.15, 0.2) is 5.16 Å². The van der Waals surface area contributed by atoms with E-state index in [0.717, 1.165) is 55.0 Å². The molecule has 3 rings (SSSR count). The predicted molar refractivity (Wildman–Crippen MR) is 97.3 cm³/mol. The number of carbonyl (C=O) groups is 1. The summed E-state index contributed by atoms with van der Waals surface area (Å²) in [6, 6.07) is 8.16. The van der Waals surface area contributed by atoms with E-state index >= 15 is 0 Å². The minimum Gasteiger partial charge on any atom is -0.376 e. The Kier molecular flexibility index (Phi) is 6.15. The zero-order valence-corrected chi connectivity index (χ0v) is 15.0. The third kappa shape index (κ3) is 4.30. The number of carbonyl (C=O) groups excluding carboxylic acids is 1. The monoisotopic (exact) mass is 347 g/mol. The molecule has 0 radical (unpaired) electrons. The molecule has 0 unspecified atom stereocenters. The van der Waals surface area contributed by atoms with Crippen molar-refractivity contribution in [3.8, 4) is 0 Å². The predicted octanol–water partition coefficient (Wildman–Crippen LogP) is 3.22. The van der Waals surface area contributed by atoms with Crippen molar-refractivity contribution >= 4 is 28.7 Å². The number of amides is 1. The number of hydrogen-bond donors (Lipinski definition) is 1. The van der Waals surface area contributed by atoms with Crippen LogP contribution in [0.3, 0.4) is 0 Å². The first-order valence-electron chi connectivity index (χ1n) is 8.74. The number of benzene rings is 1. The maximum Gasteiger partial charge on any atom is 0.230 e. The van der Waals surface area contributed by atoms with E-state index in [2.05, 4.69) is 22.9 Å². The number of hydrogen-bond acceptors (Lipinski definition) is 4. The van der Waals surface area contributed by atoms with Crippen molar-refractivity contribution < 1.29 is 9.53 Å². The fourth-order valence-electron chi connectivity index (χ4n) is 2.91. The van der Waals surface area contributed by atoms with Crippen molar-refractivity contribution in [2.45, 2.75) is 50.4 Å². The topological polar surface area (TPSA) is 56.2 Å². The summed E-state index contributed by atoms with van der Waals surface area (Å²) >= 11 is 1.51. The molecule has 24 heavy (non-hydrogen) atoms. The van der Waals surface area contributed by atoms with Crippen LogP contribution in [0, 0.1) is 0 Å². The van der Waals surface area contributed by atoms with Gasteiger partial charge in [0, 0.05) is 19.7 Å². The molecule has 0 bridgehead atoms. The lowest BCUT2D eigenvalue weighted by atomic mass is 10.2. The van der Waals surface area contributed by atoms with Crippen LogP contribution in [0.15, 0.2) is 29.4 Å². The molecule has 130 valence electrons. The smallest absolute Gasteiger partial charge is 0.230 e. The number of unbranched alkanes of at least 4 members (excludes halogenated alkanes) is 1. The molecular formula is C18H25N3O2S. The van der Waals surface area contributed by atoms with E-state index in [1.165, 1.54) is 11.8 Å². The molecule has 1 aliphatic rings. The van der Waals surface area contributed by atoms with Gasteiger partial charge in [0.1, 0.15) is 0 Å². The van der Waals surface area contributed by atoms with Crippen LogP contribution in [0.1, 0.15) is 32.6 Å². The zero-order chi connectivity index (χ0) is 16.8. The van der Waals surface area contributed by atoms with Crippen LogP contribution >= 0.6 is 11.8 Å². The summed E-state index contributed by atoms with van der Waals surface area (Å²) in [5.41, 5.74) is 2.14. The molecule has 1 fully saturated rings. The highest BCUT2D eigenvalue weighted by molar-refractivity contribution is 7.99. The number of ether oxygens (including phenoxy) is 1. The maximum absolute atomic E-state index is 12.1. The molecule has 1 N–H and O–H groups in total. The first-order valence-corrected chi connectivity index (χ1v) is 9.73. The number of fused-ring (bicyclic) bond motifs is 1. The number of nitrogens with one attached hydrogen (secondary N) is 1. The van der Waals surface area contributed by atoms with Gasteiger partial charge in [0.2, 0.25) is 5.91 Å². The first-order chi connectivity index (χ1) is 11.8. The number of aryl methyl sites for hydroxylation is 1. The van der Waals surface area contributed by atoms with Crippen LogP contribution < -0.4 is 5.32 Å². The third-order valence-electron chi connectivity index (χ3n) is 4.24. The van der Waals surface area contributed by atoms with Gasteiger partial charge in [-0.05, 0) is 31.4 Å². The summed E-state index contributed by atoms with van der Waals surface area (Å²) < 4.78 is 7.76. The molecule has 5 nitrogen and oxygen atoms in total. The fourth-order valence-corrected chi connectivity index (χ4v) is 3.78. The molecule has 0 aliphatic carbocycles. The summed E-state index contributed by atoms with van der Waals surface area (Å²) in [4.78, 5) is 16.8. The van der Waals surface area contributed by atoms with Crippen LogP contribution in [0.4, 0.5) is 0 Å². The summed E-state index contributed by atoms with van der Waals surface area (Å²) in [6.07, 6.45) is 4.57. The van der Waals surface area contributed by atoms with Crippen molar-refractivity contribution in [2.24, 2.45) is 0 Å². The van der Waals surface area contributed by atoms with Gasteiger partial charge in [-0.25, -0.2) is 4.98 Å². The van der Waals surface area contributed by atoms with Crippen LogP contribution in [0.5, 0.6) is 0 Å². The lowest BCUT2D eigenvalue weighted by Crippen LogP contribution is -2.32. The molecule has 1 saturated heterocycles. The summed E-state index contributed by atoms with van der Waals surface area (Å²) in [7, 11) is 0. The Morgan fingerprint density at radius 2 is 2.33 bits per heavy atom. The van der Waals surface area contributed by atoms with E-state index < -0.39 is 0 Å². The van der Waals surface area contributed by atoms with Gasteiger partial charge in [-0.2, -0.15) is 0 Å². The molecule has 2 heterocycles. The van der Waals surface area contributed by atoms with Crippen molar-refractivity contribution in [3.05, 3.63) is 24.3 Å². The number of para-hydroxylation sites is 2. The van der Waals surface area contributed by atoms with Gasteiger partial charge in [0.05, 0.1) is 22.9 Å². The average molecular weight is 347 g/mol. The number of aromatic nitrogens is 2. The molecule has 1 amide bonds. The van der Waals surface area contributed by atoms with Gasteiger partial charge in [0.25, 0.3) is 0 Å². The molecule has 6 heteroatoms. The lowest BCUT2D eigenvalue weighted by Gasteiger charge is -2.11. The Morgan fingerprint density at radius 3 is 3.12 bits per heavy atom. The number of thioether (sulfide) groups is 1. The van der Waals surface area contributed by atoms with E-state index in [1.807, 2.05) is 18.2 Å². The zero-order valence-electron chi connectivity index (χ0n) is 14.2. The summed E-state index contributed by atoms with van der Waals surface area (Å²) in [5, 5.41) is 3.90. The van der Waals surface area contributed by atoms with E-state index in [9.17, 15) is 4.79 Å². The summed E-state index contributed by atoms with van der Waals surface area (Å²) in [6.45, 7) is 4.56. The van der Waals surface area contributed by atoms with E-state index in [4.69, 9.17) is 9.72 Å². The van der Waals surface area contributed by atoms with Gasteiger partial charge in [-0.15, -0.1) is 0 Å². The Morgan fingerprint density at radius 1 is 1.46 bits per heavy atom. The van der Waals surface area contributed by atoms with Crippen molar-refractivity contribution in [1.82, 2.24) is 14.9 Å². The first kappa shape index (κ1) is 17.3. The number of nitrogens with zero attached hydrogens (tertiary/aromatic N) is 2. The summed E-state index contributed by atoms with van der Waals surface area (Å²) in [5.74, 6) is 0.437. The van der Waals surface area contributed by atoms with Crippen LogP contribution in [0.2, 0.25) is 0 Å². The number of imidazole rings is 1. The second kappa shape index (κ2) is 8.53. The SMILES string of the molecule is CCCCn1c(SCC(=O)NC[C@H]2CCCO2)nc2ccccc21. The van der Waals surface area contributed by atoms with Crippen molar-refractivity contribution in [2.75, 3.05) is 18.9 Å². The van der Waals surface area contributed by atoms with Gasteiger partial charge < -0.3 is 14.6 Å². The van der Waals surface area contributed by atoms with E-state index in [1.54, 1.807) is 0 Å². The fraction of sp³-hybridized carbons (Fsp3) is 0.556. The normalized spacial score (nSPS) is 17.5. The quantitative estimate of drug-likeness (QED) is 0.745. The van der Waals surface area contributed by atoms with Gasteiger partial charge >= 0.3 is 0 Å². The Balaban J connectivity index is 1.60. The molecule has 1 atom stereocenters. The molecule has 1 aromatic carbocycles. The second-order valence-electron chi connectivity index (χ2n) is 6.12. The highest BCUT2D eigenvalue weighted by atomic mass is 32.2. The average Bonchev–Trinajstić information content (AvgIpc) is 3.23. The molecule has 1 aromatic heterocycles. The van der Waals surface area contributed by atoms with Crippen LogP contribution in [0.25, 0.3) is 11.0 Å². The van der Waals surface area contributed by atoms with Gasteiger partial charge in [-0.1, -0.05) is 37.2 Å². The lowest BCUT2D eigenvalue weighted by molar-refractivity contribution is -0.119. The standard InChI is InChI=1S/C18H25N3O2S/c1-2-3-10-21-16-9-5-4-8-15(16)20-18(21)24-13-17(22)19-12-14-7-6-11-23-14/h4-5,8-9,14H,2-3,6-7,10-13H2,1H3,(H,19,22)/t14-/m1/s1. The molecule has 0 spiro atoms. The third-order valence-corrected chi connectivity index (χ3v) is 5.21. The van der Waals surface area contributed by atoms with Crippen molar-refractivity contribution in [3.63, 3.8) is 0 Å². The van der Waals surface area contributed by atoms with E-state index in [-0.39, 0.29) is 12.0 Å². The maximum atomic E-state index is 12.1.